The summed E-state index contributed by atoms with van der Waals surface area (Å²) in [6, 6.07) is 26.0. The van der Waals surface area contributed by atoms with Crippen molar-refractivity contribution in [1.29, 1.82) is 0 Å². The van der Waals surface area contributed by atoms with Crippen LogP contribution in [0.25, 0.3) is 0 Å². The molecular formula is C28H28N8O3. The number of nitrogen functional groups attached to an aromatic ring is 2. The van der Waals surface area contributed by atoms with Gasteiger partial charge in [0.05, 0.1) is 39.9 Å². The molecule has 0 fully saturated rings. The number of ether oxygens (including phenoxy) is 1. The monoisotopic (exact) mass is 524 g/mol. The molecule has 0 atom stereocenters. The van der Waals surface area contributed by atoms with Gasteiger partial charge in [-0.1, -0.05) is 0 Å². The summed E-state index contributed by atoms with van der Waals surface area (Å²) in [5.74, 6) is 0.586. The van der Waals surface area contributed by atoms with Gasteiger partial charge in [0, 0.05) is 36.1 Å². The molecule has 0 aromatic heterocycles. The molecule has 0 aliphatic heterocycles. The predicted octanol–water partition coefficient (Wildman–Crippen LogP) is 7.50. The summed E-state index contributed by atoms with van der Waals surface area (Å²) in [6.45, 7) is 4.04. The lowest BCUT2D eigenvalue weighted by atomic mass is 10.2. The van der Waals surface area contributed by atoms with Crippen molar-refractivity contribution in [2.45, 2.75) is 6.92 Å². The van der Waals surface area contributed by atoms with Crippen LogP contribution in [-0.2, 0) is 0 Å². The molecule has 0 bridgehead atoms. The van der Waals surface area contributed by atoms with E-state index in [1.807, 2.05) is 24.3 Å². The highest BCUT2D eigenvalue weighted by Gasteiger charge is 2.07. The number of nitrogens with two attached hydrogens (primary N) is 2. The smallest absolute Gasteiger partial charge is 0.269 e. The van der Waals surface area contributed by atoms with Gasteiger partial charge >= 0.3 is 0 Å². The van der Waals surface area contributed by atoms with Crippen molar-refractivity contribution in [3.05, 3.63) is 101 Å². The molecular weight excluding hydrogens is 496 g/mol. The van der Waals surface area contributed by atoms with Crippen molar-refractivity contribution in [2.75, 3.05) is 36.1 Å². The SMILES string of the molecule is CCN(CCOc1cc(N)ccc1N)c1ccc(N=Nc2ccc(N=Nc3ccc([N+](=O)[O-])cc3)cc2)cc1. The van der Waals surface area contributed by atoms with Gasteiger partial charge in [-0.25, -0.2) is 0 Å². The molecule has 4 rings (SSSR count). The minimum Gasteiger partial charge on any atom is -0.490 e. The second kappa shape index (κ2) is 12.8. The number of nitro groups is 1. The largest absolute Gasteiger partial charge is 0.490 e. The molecule has 0 aliphatic carbocycles. The zero-order chi connectivity index (χ0) is 27.6. The van der Waals surface area contributed by atoms with Crippen LogP contribution < -0.4 is 21.1 Å². The van der Waals surface area contributed by atoms with Crippen LogP contribution in [0.2, 0.25) is 0 Å². The standard InChI is InChI=1S/C28H28N8O3/c1-2-35(17-18-39-28-19-20(29)3-16-27(28)30)25-12-8-23(9-13-25)33-31-21-4-6-22(7-5-21)32-34-24-10-14-26(15-11-24)36(37)38/h3-16,19H,2,17-18,29-30H2,1H3. The first-order chi connectivity index (χ1) is 18.9. The van der Waals surface area contributed by atoms with Crippen molar-refractivity contribution in [3.8, 4) is 5.75 Å². The number of nitro benzene ring substituents is 1. The Kier molecular flexibility index (Phi) is 8.75. The second-order valence-electron chi connectivity index (χ2n) is 8.43. The number of benzene rings is 4. The van der Waals surface area contributed by atoms with E-state index in [-0.39, 0.29) is 5.69 Å². The second-order valence-corrected chi connectivity index (χ2v) is 8.43. The number of rotatable bonds is 11. The van der Waals surface area contributed by atoms with Gasteiger partial charge in [0.2, 0.25) is 0 Å². The summed E-state index contributed by atoms with van der Waals surface area (Å²) in [4.78, 5) is 12.5. The molecule has 0 radical (unpaired) electrons. The molecule has 4 aromatic rings. The van der Waals surface area contributed by atoms with Crippen LogP contribution in [0.3, 0.4) is 0 Å². The first kappa shape index (κ1) is 26.7. The van der Waals surface area contributed by atoms with E-state index in [2.05, 4.69) is 32.3 Å². The Hall–Kier alpha value is -5.32. The molecule has 0 aliphatic rings. The van der Waals surface area contributed by atoms with Crippen LogP contribution >= 0.6 is 0 Å². The van der Waals surface area contributed by atoms with Crippen molar-refractivity contribution in [2.24, 2.45) is 20.5 Å². The van der Waals surface area contributed by atoms with Crippen molar-refractivity contribution < 1.29 is 9.66 Å². The molecule has 11 nitrogen and oxygen atoms in total. The fourth-order valence-corrected chi connectivity index (χ4v) is 3.60. The van der Waals surface area contributed by atoms with Crippen LogP contribution in [0.5, 0.6) is 5.75 Å². The Balaban J connectivity index is 1.30. The molecule has 4 aromatic carbocycles. The lowest BCUT2D eigenvalue weighted by Gasteiger charge is -2.23. The molecule has 11 heteroatoms. The molecule has 39 heavy (non-hydrogen) atoms. The molecule has 0 heterocycles. The van der Waals surface area contributed by atoms with Crippen LogP contribution in [0.1, 0.15) is 6.92 Å². The maximum absolute atomic E-state index is 10.7. The Morgan fingerprint density at radius 3 is 1.74 bits per heavy atom. The van der Waals surface area contributed by atoms with Crippen molar-refractivity contribution >= 4 is 45.5 Å². The molecule has 0 amide bonds. The summed E-state index contributed by atoms with van der Waals surface area (Å²) < 4.78 is 5.83. The predicted molar refractivity (Wildman–Crippen MR) is 153 cm³/mol. The third kappa shape index (κ3) is 7.59. The summed E-state index contributed by atoms with van der Waals surface area (Å²) in [7, 11) is 0. The average molecular weight is 525 g/mol. The Bertz CT molecular complexity index is 1450. The number of nitrogens with zero attached hydrogens (tertiary/aromatic N) is 6. The third-order valence-electron chi connectivity index (χ3n) is 5.73. The van der Waals surface area contributed by atoms with E-state index in [9.17, 15) is 10.1 Å². The highest BCUT2D eigenvalue weighted by Crippen LogP contribution is 2.26. The van der Waals surface area contributed by atoms with E-state index in [4.69, 9.17) is 16.2 Å². The minimum absolute atomic E-state index is 0.00622. The van der Waals surface area contributed by atoms with Crippen LogP contribution in [0.4, 0.5) is 45.5 Å². The highest BCUT2D eigenvalue weighted by atomic mass is 16.6. The summed E-state index contributed by atoms with van der Waals surface area (Å²) in [6.07, 6.45) is 0. The Morgan fingerprint density at radius 2 is 1.26 bits per heavy atom. The van der Waals surface area contributed by atoms with Gasteiger partial charge < -0.3 is 21.1 Å². The van der Waals surface area contributed by atoms with Crippen LogP contribution in [0.15, 0.2) is 111 Å². The number of non-ortho nitro benzene ring substituents is 1. The van der Waals surface area contributed by atoms with Crippen molar-refractivity contribution in [3.63, 3.8) is 0 Å². The van der Waals surface area contributed by atoms with Crippen LogP contribution in [0, 0.1) is 10.1 Å². The molecule has 0 saturated heterocycles. The topological polar surface area (TPSA) is 157 Å². The fourth-order valence-electron chi connectivity index (χ4n) is 3.60. The lowest BCUT2D eigenvalue weighted by Crippen LogP contribution is -2.28. The van der Waals surface area contributed by atoms with Gasteiger partial charge in [-0.15, -0.1) is 0 Å². The van der Waals surface area contributed by atoms with E-state index >= 15 is 0 Å². The van der Waals surface area contributed by atoms with E-state index in [0.29, 0.717) is 47.3 Å². The first-order valence-electron chi connectivity index (χ1n) is 12.2. The summed E-state index contributed by atoms with van der Waals surface area (Å²) in [5, 5.41) is 27.6. The number of likely N-dealkylation sites (N-methyl/N-ethyl adjacent to an activating group) is 1. The molecule has 4 N–H and O–H groups in total. The quantitative estimate of drug-likeness (QED) is 0.0895. The number of anilines is 3. The Morgan fingerprint density at radius 1 is 0.769 bits per heavy atom. The van der Waals surface area contributed by atoms with E-state index < -0.39 is 4.92 Å². The van der Waals surface area contributed by atoms with Gasteiger partial charge in [-0.05, 0) is 79.7 Å². The highest BCUT2D eigenvalue weighted by molar-refractivity contribution is 5.60. The minimum atomic E-state index is -0.458. The maximum atomic E-state index is 10.7. The maximum Gasteiger partial charge on any atom is 0.269 e. The van der Waals surface area contributed by atoms with Gasteiger partial charge in [0.25, 0.3) is 5.69 Å². The molecule has 0 unspecified atom stereocenters. The van der Waals surface area contributed by atoms with Crippen LogP contribution in [-0.4, -0.2) is 24.6 Å². The van der Waals surface area contributed by atoms with Gasteiger partial charge in [0.15, 0.2) is 0 Å². The molecule has 198 valence electrons. The zero-order valence-corrected chi connectivity index (χ0v) is 21.3. The fraction of sp³-hybridized carbons (Fsp3) is 0.143. The van der Waals surface area contributed by atoms with E-state index in [1.54, 1.807) is 54.6 Å². The number of hydrogen-bond donors (Lipinski definition) is 2. The third-order valence-corrected chi connectivity index (χ3v) is 5.73. The molecule has 0 spiro atoms. The summed E-state index contributed by atoms with van der Waals surface area (Å²) in [5.41, 5.74) is 16.5. The van der Waals surface area contributed by atoms with Gasteiger partial charge in [0.1, 0.15) is 12.4 Å². The number of azo groups is 2. The average Bonchev–Trinajstić information content (AvgIpc) is 2.96. The zero-order valence-electron chi connectivity index (χ0n) is 21.3. The first-order valence-corrected chi connectivity index (χ1v) is 12.2. The summed E-state index contributed by atoms with van der Waals surface area (Å²) >= 11 is 0. The van der Waals surface area contributed by atoms with Gasteiger partial charge in [-0.3, -0.25) is 10.1 Å². The van der Waals surface area contributed by atoms with Gasteiger partial charge in [-0.2, -0.15) is 20.5 Å². The number of hydrogen-bond acceptors (Lipinski definition) is 10. The lowest BCUT2D eigenvalue weighted by molar-refractivity contribution is -0.384. The van der Waals surface area contributed by atoms with E-state index in [0.717, 1.165) is 17.9 Å². The molecule has 0 saturated carbocycles. The Labute approximate surface area is 225 Å². The van der Waals surface area contributed by atoms with Crippen molar-refractivity contribution in [1.82, 2.24) is 0 Å². The van der Waals surface area contributed by atoms with E-state index in [1.165, 1.54) is 12.1 Å². The normalized spacial score (nSPS) is 11.2.